The fourth-order valence-electron chi connectivity index (χ4n) is 4.29. The number of piperazine rings is 1. The van der Waals surface area contributed by atoms with Crippen molar-refractivity contribution in [3.63, 3.8) is 0 Å². The normalized spacial score (nSPS) is 25.5. The van der Waals surface area contributed by atoms with Crippen molar-refractivity contribution < 1.29 is 13.2 Å². The minimum Gasteiger partial charge on any atom is -0.336 e. The van der Waals surface area contributed by atoms with Crippen LogP contribution in [0.5, 0.6) is 0 Å². The zero-order valence-corrected chi connectivity index (χ0v) is 17.1. The lowest BCUT2D eigenvalue weighted by Crippen LogP contribution is -2.61. The lowest BCUT2D eigenvalue weighted by atomic mass is 9.99. The van der Waals surface area contributed by atoms with Crippen molar-refractivity contribution in [3.05, 3.63) is 34.9 Å². The molecule has 2 atom stereocenters. The first-order valence-corrected chi connectivity index (χ1v) is 11.3. The van der Waals surface area contributed by atoms with E-state index in [0.29, 0.717) is 18.9 Å². The van der Waals surface area contributed by atoms with E-state index in [2.05, 4.69) is 24.8 Å². The van der Waals surface area contributed by atoms with Crippen LogP contribution in [0.25, 0.3) is 0 Å². The Morgan fingerprint density at radius 2 is 1.85 bits per heavy atom. The van der Waals surface area contributed by atoms with Gasteiger partial charge in [-0.3, -0.25) is 9.69 Å². The molecule has 2 unspecified atom stereocenters. The number of hydrogen-bond donors (Lipinski definition) is 0. The second-order valence-electron chi connectivity index (χ2n) is 8.29. The van der Waals surface area contributed by atoms with Crippen LogP contribution in [0.2, 0.25) is 0 Å². The minimum atomic E-state index is -3.09. The molecule has 2 saturated heterocycles. The fourth-order valence-corrected chi connectivity index (χ4v) is 6.30. The quantitative estimate of drug-likeness (QED) is 0.802. The first-order valence-electron chi connectivity index (χ1n) is 9.46. The molecule has 5 nitrogen and oxygen atoms in total. The minimum absolute atomic E-state index is 0.0509. The zero-order valence-electron chi connectivity index (χ0n) is 16.2. The first kappa shape index (κ1) is 19.4. The van der Waals surface area contributed by atoms with Crippen molar-refractivity contribution >= 4 is 15.7 Å². The Hall–Kier alpha value is -1.40. The molecule has 1 amide bonds. The summed E-state index contributed by atoms with van der Waals surface area (Å²) in [4.78, 5) is 17.1. The van der Waals surface area contributed by atoms with Crippen LogP contribution in [-0.2, 0) is 21.1 Å². The summed E-state index contributed by atoms with van der Waals surface area (Å²) < 4.78 is 24.6. The Balaban J connectivity index is 1.79. The average Bonchev–Trinajstić information content (AvgIpc) is 2.86. The number of rotatable bonds is 4. The van der Waals surface area contributed by atoms with E-state index in [-0.39, 0.29) is 29.5 Å². The number of carbonyl (C=O) groups is 1. The first-order chi connectivity index (χ1) is 12.2. The molecule has 1 aromatic carbocycles. The lowest BCUT2D eigenvalue weighted by molar-refractivity contribution is -0.136. The van der Waals surface area contributed by atoms with Crippen LogP contribution in [0.15, 0.2) is 18.2 Å². The van der Waals surface area contributed by atoms with Crippen molar-refractivity contribution in [2.45, 2.75) is 46.2 Å². The number of amides is 1. The van der Waals surface area contributed by atoms with Crippen molar-refractivity contribution in [2.24, 2.45) is 5.92 Å². The van der Waals surface area contributed by atoms with Crippen molar-refractivity contribution in [1.29, 1.82) is 0 Å². The predicted octanol–water partition coefficient (Wildman–Crippen LogP) is 1.81. The molecule has 144 valence electrons. The molecule has 3 rings (SSSR count). The molecular formula is C20H30N2O3S. The average molecular weight is 379 g/mol. The van der Waals surface area contributed by atoms with Gasteiger partial charge in [-0.15, -0.1) is 0 Å². The maximum atomic E-state index is 13.0. The van der Waals surface area contributed by atoms with E-state index < -0.39 is 9.84 Å². The molecule has 0 spiro atoms. The highest BCUT2D eigenvalue weighted by molar-refractivity contribution is 7.91. The van der Waals surface area contributed by atoms with Crippen molar-refractivity contribution in [1.82, 2.24) is 9.80 Å². The fraction of sp³-hybridized carbons (Fsp3) is 0.650. The summed E-state index contributed by atoms with van der Waals surface area (Å²) in [5.74, 6) is 0.814. The summed E-state index contributed by atoms with van der Waals surface area (Å²) in [5, 5.41) is 0. The Bertz CT molecular complexity index is 788. The smallest absolute Gasteiger partial charge is 0.227 e. The highest BCUT2D eigenvalue weighted by atomic mass is 32.2. The van der Waals surface area contributed by atoms with Gasteiger partial charge in [-0.05, 0) is 30.9 Å². The molecule has 0 bridgehead atoms. The molecule has 2 aliphatic heterocycles. The van der Waals surface area contributed by atoms with Gasteiger partial charge in [-0.2, -0.15) is 0 Å². The van der Waals surface area contributed by atoms with Gasteiger partial charge in [-0.1, -0.05) is 37.6 Å². The van der Waals surface area contributed by atoms with E-state index in [1.165, 1.54) is 0 Å². The molecule has 1 aromatic rings. The van der Waals surface area contributed by atoms with E-state index in [0.717, 1.165) is 29.8 Å². The van der Waals surface area contributed by atoms with Crippen LogP contribution in [-0.4, -0.2) is 67.3 Å². The topological polar surface area (TPSA) is 57.7 Å². The number of carbonyl (C=O) groups excluding carboxylic acids is 1. The maximum absolute atomic E-state index is 13.0. The Morgan fingerprint density at radius 3 is 2.54 bits per heavy atom. The van der Waals surface area contributed by atoms with Crippen LogP contribution < -0.4 is 0 Å². The number of hydrogen-bond acceptors (Lipinski definition) is 4. The number of nitrogens with zero attached hydrogens (tertiary/aromatic N) is 2. The van der Waals surface area contributed by atoms with Crippen LogP contribution in [0.4, 0.5) is 0 Å². The van der Waals surface area contributed by atoms with Crippen LogP contribution >= 0.6 is 0 Å². The summed E-state index contributed by atoms with van der Waals surface area (Å²) in [5.41, 5.74) is 3.29. The monoisotopic (exact) mass is 378 g/mol. The summed E-state index contributed by atoms with van der Waals surface area (Å²) in [7, 11) is -3.09. The second kappa shape index (κ2) is 7.31. The number of sulfone groups is 1. The second-order valence-corrected chi connectivity index (χ2v) is 10.4. The third-order valence-corrected chi connectivity index (χ3v) is 7.26. The third kappa shape index (κ3) is 4.12. The molecule has 0 aliphatic carbocycles. The van der Waals surface area contributed by atoms with Gasteiger partial charge in [0.2, 0.25) is 5.91 Å². The third-order valence-electron chi connectivity index (χ3n) is 5.56. The molecule has 0 N–H and O–H groups in total. The molecular weight excluding hydrogens is 348 g/mol. The summed E-state index contributed by atoms with van der Waals surface area (Å²) >= 11 is 0. The number of benzene rings is 1. The lowest BCUT2D eigenvalue weighted by Gasteiger charge is -2.44. The van der Waals surface area contributed by atoms with Crippen molar-refractivity contribution in [2.75, 3.05) is 31.1 Å². The van der Waals surface area contributed by atoms with Gasteiger partial charge in [0.25, 0.3) is 0 Å². The van der Waals surface area contributed by atoms with E-state index in [1.54, 1.807) is 0 Å². The van der Waals surface area contributed by atoms with E-state index in [9.17, 15) is 13.2 Å². The summed E-state index contributed by atoms with van der Waals surface area (Å²) in [6.07, 6.45) is 0.348. The Morgan fingerprint density at radius 1 is 1.15 bits per heavy atom. The van der Waals surface area contributed by atoms with Crippen LogP contribution in [0, 0.1) is 19.8 Å². The highest BCUT2D eigenvalue weighted by Gasteiger charge is 2.47. The molecule has 0 saturated carbocycles. The van der Waals surface area contributed by atoms with E-state index in [1.807, 2.05) is 30.9 Å². The molecule has 0 radical (unpaired) electrons. The van der Waals surface area contributed by atoms with Gasteiger partial charge >= 0.3 is 0 Å². The maximum Gasteiger partial charge on any atom is 0.227 e. The molecule has 2 aliphatic rings. The highest BCUT2D eigenvalue weighted by Crippen LogP contribution is 2.28. The molecule has 0 aromatic heterocycles. The largest absolute Gasteiger partial charge is 0.336 e. The zero-order chi connectivity index (χ0) is 19.1. The summed E-state index contributed by atoms with van der Waals surface area (Å²) in [6.45, 7) is 10.6. The van der Waals surface area contributed by atoms with Crippen molar-refractivity contribution in [3.8, 4) is 0 Å². The number of aryl methyl sites for hydroxylation is 2. The van der Waals surface area contributed by atoms with Crippen LogP contribution in [0.3, 0.4) is 0 Å². The Labute approximate surface area is 157 Å². The molecule has 2 heterocycles. The standard InChI is InChI=1S/C20H30N2O3S/c1-14(2)11-21-7-8-22(19-13-26(24,25)12-18(19)21)20(23)10-17-9-15(3)5-6-16(17)4/h5-6,9,14,18-19H,7-8,10-13H2,1-4H3. The van der Waals surface area contributed by atoms with Gasteiger partial charge in [-0.25, -0.2) is 8.42 Å². The van der Waals surface area contributed by atoms with Gasteiger partial charge in [0, 0.05) is 25.7 Å². The molecule has 26 heavy (non-hydrogen) atoms. The van der Waals surface area contributed by atoms with Gasteiger partial charge < -0.3 is 4.90 Å². The number of fused-ring (bicyclic) bond motifs is 1. The molecule has 6 heteroatoms. The Kier molecular flexibility index (Phi) is 5.45. The predicted molar refractivity (Wildman–Crippen MR) is 104 cm³/mol. The van der Waals surface area contributed by atoms with Crippen LogP contribution in [0.1, 0.15) is 30.5 Å². The SMILES string of the molecule is Cc1ccc(C)c(CC(=O)N2CCN(CC(C)C)C3CS(=O)(=O)CC32)c1. The van der Waals surface area contributed by atoms with E-state index >= 15 is 0 Å². The van der Waals surface area contributed by atoms with E-state index in [4.69, 9.17) is 0 Å². The van der Waals surface area contributed by atoms with Gasteiger partial charge in [0.05, 0.1) is 24.0 Å². The molecule has 2 fully saturated rings. The van der Waals surface area contributed by atoms with Gasteiger partial charge in [0.1, 0.15) is 0 Å². The summed E-state index contributed by atoms with van der Waals surface area (Å²) in [6, 6.07) is 5.89. The van der Waals surface area contributed by atoms with Gasteiger partial charge in [0.15, 0.2) is 9.84 Å².